The lowest BCUT2D eigenvalue weighted by molar-refractivity contribution is 0.205. The van der Waals surface area contributed by atoms with E-state index in [4.69, 9.17) is 4.53 Å². The van der Waals surface area contributed by atoms with Gasteiger partial charge in [0.05, 0.1) is 0 Å². The van der Waals surface area contributed by atoms with Crippen LogP contribution in [0.5, 0.6) is 0 Å². The van der Waals surface area contributed by atoms with Crippen LogP contribution < -0.4 is 5.48 Å². The normalized spacial score (nSPS) is 10.7. The molecule has 1 aromatic carbocycles. The topological polar surface area (TPSA) is 21.3 Å². The highest BCUT2D eigenvalue weighted by Crippen LogP contribution is 1.96. The average molecular weight is 207 g/mol. The van der Waals surface area contributed by atoms with Gasteiger partial charge in [-0.2, -0.15) is 0 Å². The Morgan fingerprint density at radius 3 is 2.71 bits per heavy atom. The number of allylic oxidation sites excluding steroid dienone is 1. The number of nitrogens with one attached hydrogen (secondary N) is 1. The zero-order valence-electron chi connectivity index (χ0n) is 8.79. The van der Waals surface area contributed by atoms with Crippen LogP contribution in [0.4, 0.5) is 0 Å². The molecule has 0 unspecified atom stereocenters. The van der Waals surface area contributed by atoms with Gasteiger partial charge in [-0.1, -0.05) is 41.6 Å². The van der Waals surface area contributed by atoms with Gasteiger partial charge in [-0.05, 0) is 19.4 Å². The maximum absolute atomic E-state index is 5.36. The number of benzene rings is 1. The zero-order chi connectivity index (χ0) is 10.2. The van der Waals surface area contributed by atoms with Gasteiger partial charge in [-0.3, -0.25) is 0 Å². The predicted molar refractivity (Wildman–Crippen MR) is 62.3 cm³/mol. The van der Waals surface area contributed by atoms with Gasteiger partial charge in [0.2, 0.25) is 9.76 Å². The van der Waals surface area contributed by atoms with Crippen LogP contribution in [0, 0.1) is 0 Å². The first-order chi connectivity index (χ1) is 6.79. The highest BCUT2D eigenvalue weighted by atomic mass is 28.2. The lowest BCUT2D eigenvalue weighted by Crippen LogP contribution is -2.16. The van der Waals surface area contributed by atoms with Crippen LogP contribution >= 0.6 is 0 Å². The summed E-state index contributed by atoms with van der Waals surface area (Å²) in [5.41, 5.74) is 7.73. The number of hydrogen-bond acceptors (Lipinski definition) is 2. The third kappa shape index (κ3) is 4.96. The molecule has 0 saturated heterocycles. The molecule has 0 spiro atoms. The molecule has 0 amide bonds. The molecule has 0 heterocycles. The van der Waals surface area contributed by atoms with Crippen LogP contribution in [0.1, 0.15) is 19.4 Å². The van der Waals surface area contributed by atoms with Crippen LogP contribution in [0.25, 0.3) is 0 Å². The maximum atomic E-state index is 5.36. The summed E-state index contributed by atoms with van der Waals surface area (Å²) in [6, 6.07) is 10.2. The van der Waals surface area contributed by atoms with Gasteiger partial charge in [0, 0.05) is 6.54 Å². The molecule has 2 nitrogen and oxygen atoms in total. The monoisotopic (exact) mass is 207 g/mol. The Hall–Kier alpha value is -0.903. The maximum Gasteiger partial charge on any atom is 0.213 e. The van der Waals surface area contributed by atoms with Crippen LogP contribution in [0.15, 0.2) is 41.6 Å². The van der Waals surface area contributed by atoms with E-state index in [0.717, 1.165) is 6.54 Å². The Labute approximate surface area is 87.9 Å². The van der Waals surface area contributed by atoms with Crippen molar-refractivity contribution < 1.29 is 4.53 Å². The standard InChI is InChI=1S/C11H17NOSi/c1-10(2)9-14-13-12-8-11-6-4-3-5-7-11/h3-7,9,12H,8,14H2,1-2H3. The number of rotatable bonds is 5. The van der Waals surface area contributed by atoms with E-state index in [1.807, 2.05) is 18.2 Å². The summed E-state index contributed by atoms with van der Waals surface area (Å²) >= 11 is 0. The summed E-state index contributed by atoms with van der Waals surface area (Å²) in [4.78, 5) is 0. The summed E-state index contributed by atoms with van der Waals surface area (Å²) in [5, 5.41) is 0. The fourth-order valence-electron chi connectivity index (χ4n) is 0.997. The molecule has 1 aromatic rings. The van der Waals surface area contributed by atoms with Gasteiger partial charge in [0.25, 0.3) is 0 Å². The van der Waals surface area contributed by atoms with Crippen molar-refractivity contribution in [1.82, 2.24) is 5.48 Å². The van der Waals surface area contributed by atoms with Crippen molar-refractivity contribution in [2.75, 3.05) is 0 Å². The molecule has 1 rings (SSSR count). The molecular formula is C11H17NOSi. The molecule has 14 heavy (non-hydrogen) atoms. The first-order valence-corrected chi connectivity index (χ1v) is 6.20. The van der Waals surface area contributed by atoms with Gasteiger partial charge < -0.3 is 4.53 Å². The Morgan fingerprint density at radius 1 is 1.36 bits per heavy atom. The third-order valence-electron chi connectivity index (χ3n) is 1.80. The minimum Gasteiger partial charge on any atom is -0.348 e. The molecule has 76 valence electrons. The SMILES string of the molecule is CC(C)=C[SiH2]ONCc1ccccc1. The number of hydroxylamine groups is 1. The second-order valence-corrected chi connectivity index (χ2v) is 4.43. The molecule has 0 saturated carbocycles. The van der Waals surface area contributed by atoms with E-state index in [1.54, 1.807) is 0 Å². The first kappa shape index (κ1) is 11.2. The summed E-state index contributed by atoms with van der Waals surface area (Å²) in [6.45, 7) is 4.96. The molecule has 0 aliphatic carbocycles. The average Bonchev–Trinajstić information content (AvgIpc) is 2.18. The molecule has 0 atom stereocenters. The van der Waals surface area contributed by atoms with Gasteiger partial charge in [-0.15, -0.1) is 0 Å². The second kappa shape index (κ2) is 6.54. The quantitative estimate of drug-likeness (QED) is 0.451. The zero-order valence-corrected chi connectivity index (χ0v) is 10.2. The van der Waals surface area contributed by atoms with E-state index in [9.17, 15) is 0 Å². The van der Waals surface area contributed by atoms with Crippen molar-refractivity contribution in [3.63, 3.8) is 0 Å². The summed E-state index contributed by atoms with van der Waals surface area (Å²) < 4.78 is 5.36. The molecule has 0 radical (unpaired) electrons. The Kier molecular flexibility index (Phi) is 5.22. The molecule has 0 aliphatic rings. The summed E-state index contributed by atoms with van der Waals surface area (Å²) in [6.07, 6.45) is 0. The lowest BCUT2D eigenvalue weighted by atomic mass is 10.2. The first-order valence-electron chi connectivity index (χ1n) is 4.81. The van der Waals surface area contributed by atoms with Crippen LogP contribution in [-0.4, -0.2) is 9.76 Å². The predicted octanol–water partition coefficient (Wildman–Crippen LogP) is 1.72. The van der Waals surface area contributed by atoms with Crippen molar-refractivity contribution in [2.45, 2.75) is 20.4 Å². The second-order valence-electron chi connectivity index (χ2n) is 3.40. The van der Waals surface area contributed by atoms with Crippen molar-refractivity contribution in [3.8, 4) is 0 Å². The highest BCUT2D eigenvalue weighted by Gasteiger charge is 1.89. The van der Waals surface area contributed by atoms with E-state index in [-0.39, 0.29) is 0 Å². The summed E-state index contributed by atoms with van der Waals surface area (Å²) in [5.74, 6) is 0. The van der Waals surface area contributed by atoms with E-state index in [2.05, 4.69) is 37.2 Å². The van der Waals surface area contributed by atoms with Gasteiger partial charge in [0.1, 0.15) is 0 Å². The van der Waals surface area contributed by atoms with Crippen molar-refractivity contribution in [3.05, 3.63) is 47.2 Å². The Bertz CT molecular complexity index is 281. The Morgan fingerprint density at radius 2 is 2.07 bits per heavy atom. The van der Waals surface area contributed by atoms with Gasteiger partial charge >= 0.3 is 0 Å². The minimum absolute atomic E-state index is 0.525. The lowest BCUT2D eigenvalue weighted by Gasteiger charge is -2.03. The Balaban J connectivity index is 2.14. The smallest absolute Gasteiger partial charge is 0.213 e. The minimum atomic E-state index is -0.525. The van der Waals surface area contributed by atoms with E-state index in [1.165, 1.54) is 11.1 Å². The van der Waals surface area contributed by atoms with Gasteiger partial charge in [-0.25, -0.2) is 5.48 Å². The highest BCUT2D eigenvalue weighted by molar-refractivity contribution is 6.34. The van der Waals surface area contributed by atoms with Crippen LogP contribution in [-0.2, 0) is 11.1 Å². The molecule has 1 N–H and O–H groups in total. The van der Waals surface area contributed by atoms with Gasteiger partial charge in [0.15, 0.2) is 0 Å². The van der Waals surface area contributed by atoms with Crippen LogP contribution in [0.3, 0.4) is 0 Å². The summed E-state index contributed by atoms with van der Waals surface area (Å²) in [7, 11) is -0.525. The fraction of sp³-hybridized carbons (Fsp3) is 0.273. The van der Waals surface area contributed by atoms with Crippen molar-refractivity contribution in [1.29, 1.82) is 0 Å². The third-order valence-corrected chi connectivity index (χ3v) is 3.15. The molecule has 0 aromatic heterocycles. The molecule has 3 heteroatoms. The molecule has 0 bridgehead atoms. The van der Waals surface area contributed by atoms with Crippen molar-refractivity contribution >= 4 is 9.76 Å². The molecule has 0 fully saturated rings. The van der Waals surface area contributed by atoms with E-state index >= 15 is 0 Å². The van der Waals surface area contributed by atoms with E-state index in [0.29, 0.717) is 0 Å². The van der Waals surface area contributed by atoms with Crippen LogP contribution in [0.2, 0.25) is 0 Å². The molecular weight excluding hydrogens is 190 g/mol. The largest absolute Gasteiger partial charge is 0.348 e. The molecule has 0 aliphatic heterocycles. The fourth-order valence-corrected chi connectivity index (χ4v) is 1.63. The number of hydrogen-bond donors (Lipinski definition) is 1. The van der Waals surface area contributed by atoms with Crippen molar-refractivity contribution in [2.24, 2.45) is 0 Å². The van der Waals surface area contributed by atoms with E-state index < -0.39 is 9.76 Å².